The number of benzene rings is 2. The zero-order valence-corrected chi connectivity index (χ0v) is 17.5. The highest BCUT2D eigenvalue weighted by molar-refractivity contribution is 7.88. The molecule has 28 heavy (non-hydrogen) atoms. The second kappa shape index (κ2) is 10.2. The maximum atomic E-state index is 11.9. The van der Waals surface area contributed by atoms with Crippen molar-refractivity contribution in [2.24, 2.45) is 0 Å². The summed E-state index contributed by atoms with van der Waals surface area (Å²) in [6, 6.07) is 15.4. The summed E-state index contributed by atoms with van der Waals surface area (Å²) >= 11 is 0. The summed E-state index contributed by atoms with van der Waals surface area (Å²) < 4.78 is 29.6. The number of ether oxygens (including phenoxy) is 1. The summed E-state index contributed by atoms with van der Waals surface area (Å²) in [6.07, 6.45) is 2.97. The van der Waals surface area contributed by atoms with Crippen molar-refractivity contribution in [2.75, 3.05) is 26.5 Å². The van der Waals surface area contributed by atoms with Gasteiger partial charge in [0.2, 0.25) is 10.0 Å². The number of rotatable bonds is 10. The number of carbonyl (C=O) groups excluding carboxylic acids is 1. The number of nitrogens with one attached hydrogen (secondary N) is 1. The molecule has 0 bridgehead atoms. The molecule has 0 fully saturated rings. The molecule has 6 nitrogen and oxygen atoms in total. The van der Waals surface area contributed by atoms with Crippen molar-refractivity contribution in [1.82, 2.24) is 9.62 Å². The van der Waals surface area contributed by atoms with E-state index in [1.165, 1.54) is 28.7 Å². The first kappa shape index (κ1) is 21.9. The highest BCUT2D eigenvalue weighted by atomic mass is 32.2. The van der Waals surface area contributed by atoms with Crippen molar-refractivity contribution in [3.63, 3.8) is 0 Å². The molecule has 7 heteroatoms. The first-order valence-corrected chi connectivity index (χ1v) is 11.0. The first-order valence-electron chi connectivity index (χ1n) is 9.19. The van der Waals surface area contributed by atoms with Gasteiger partial charge in [-0.2, -0.15) is 0 Å². The Morgan fingerprint density at radius 1 is 1.11 bits per heavy atom. The van der Waals surface area contributed by atoms with Gasteiger partial charge in [0.05, 0.1) is 6.26 Å². The minimum Gasteiger partial charge on any atom is -0.484 e. The van der Waals surface area contributed by atoms with Crippen molar-refractivity contribution >= 4 is 15.9 Å². The summed E-state index contributed by atoms with van der Waals surface area (Å²) in [5, 5.41) is 2.85. The summed E-state index contributed by atoms with van der Waals surface area (Å²) in [7, 11) is -1.68. The van der Waals surface area contributed by atoms with E-state index in [0.717, 1.165) is 18.4 Å². The van der Waals surface area contributed by atoms with Crippen LogP contribution in [-0.4, -0.2) is 45.1 Å². The Bertz CT molecular complexity index is 880. The molecule has 0 aliphatic rings. The number of nitrogens with zero attached hydrogens (tertiary/aromatic N) is 1. The van der Waals surface area contributed by atoms with Gasteiger partial charge in [-0.3, -0.25) is 4.79 Å². The van der Waals surface area contributed by atoms with Crippen LogP contribution in [-0.2, 0) is 27.8 Å². The maximum absolute atomic E-state index is 11.9. The lowest BCUT2D eigenvalue weighted by Crippen LogP contribution is -2.29. The number of carbonyl (C=O) groups is 1. The second-order valence-corrected chi connectivity index (χ2v) is 8.98. The third kappa shape index (κ3) is 7.70. The predicted molar refractivity (Wildman–Crippen MR) is 111 cm³/mol. The lowest BCUT2D eigenvalue weighted by molar-refractivity contribution is -0.123. The Balaban J connectivity index is 1.68. The molecule has 0 spiro atoms. The highest BCUT2D eigenvalue weighted by Gasteiger charge is 2.11. The van der Waals surface area contributed by atoms with Crippen molar-refractivity contribution < 1.29 is 17.9 Å². The van der Waals surface area contributed by atoms with Gasteiger partial charge in [-0.05, 0) is 43.0 Å². The molecule has 0 saturated heterocycles. The van der Waals surface area contributed by atoms with E-state index >= 15 is 0 Å². The van der Waals surface area contributed by atoms with E-state index in [0.29, 0.717) is 18.8 Å². The summed E-state index contributed by atoms with van der Waals surface area (Å²) in [5.74, 6) is 0.408. The van der Waals surface area contributed by atoms with E-state index in [9.17, 15) is 13.2 Å². The van der Waals surface area contributed by atoms with Gasteiger partial charge in [-0.15, -0.1) is 0 Å². The van der Waals surface area contributed by atoms with Crippen LogP contribution in [0.2, 0.25) is 0 Å². The van der Waals surface area contributed by atoms with E-state index in [2.05, 4.69) is 30.4 Å². The molecule has 2 aromatic rings. The average Bonchev–Trinajstić information content (AvgIpc) is 2.64. The van der Waals surface area contributed by atoms with Crippen LogP contribution in [0, 0.1) is 6.92 Å². The summed E-state index contributed by atoms with van der Waals surface area (Å²) in [4.78, 5) is 11.9. The standard InChI is InChI=1S/C21H28N2O4S/c1-17-6-4-7-18(14-17)8-5-13-22-21(24)16-27-20-11-9-19(10-12-20)15-23(2)28(3,25)26/h4,6-7,9-12,14H,5,8,13,15-16H2,1-3H3,(H,22,24). The Kier molecular flexibility index (Phi) is 8.02. The number of sulfonamides is 1. The van der Waals surface area contributed by atoms with Crippen LogP contribution in [0.25, 0.3) is 0 Å². The quantitative estimate of drug-likeness (QED) is 0.618. The molecule has 0 radical (unpaired) electrons. The minimum atomic E-state index is -3.21. The van der Waals surface area contributed by atoms with E-state index in [1.807, 2.05) is 6.07 Å². The highest BCUT2D eigenvalue weighted by Crippen LogP contribution is 2.14. The SMILES string of the molecule is Cc1cccc(CCCNC(=O)COc2ccc(CN(C)S(C)(=O)=O)cc2)c1. The van der Waals surface area contributed by atoms with E-state index in [-0.39, 0.29) is 12.5 Å². The number of amides is 1. The van der Waals surface area contributed by atoms with E-state index < -0.39 is 10.0 Å². The fourth-order valence-corrected chi connectivity index (χ4v) is 3.04. The minimum absolute atomic E-state index is 0.0486. The van der Waals surface area contributed by atoms with Crippen LogP contribution in [0.4, 0.5) is 0 Å². The predicted octanol–water partition coefficient (Wildman–Crippen LogP) is 2.51. The maximum Gasteiger partial charge on any atom is 0.257 e. The lowest BCUT2D eigenvalue weighted by atomic mass is 10.1. The van der Waals surface area contributed by atoms with Crippen LogP contribution in [0.1, 0.15) is 23.1 Å². The molecule has 0 aromatic heterocycles. The van der Waals surface area contributed by atoms with Gasteiger partial charge in [0, 0.05) is 20.1 Å². The van der Waals surface area contributed by atoms with Gasteiger partial charge in [0.25, 0.3) is 5.91 Å². The molecule has 1 N–H and O–H groups in total. The van der Waals surface area contributed by atoms with Crippen LogP contribution < -0.4 is 10.1 Å². The molecule has 2 aromatic carbocycles. The molecular formula is C21H28N2O4S. The molecule has 0 aliphatic heterocycles. The molecule has 1 amide bonds. The molecule has 0 unspecified atom stereocenters. The van der Waals surface area contributed by atoms with Crippen LogP contribution in [0.5, 0.6) is 5.75 Å². The number of hydrogen-bond acceptors (Lipinski definition) is 4. The molecule has 152 valence electrons. The van der Waals surface area contributed by atoms with Gasteiger partial charge in [0.1, 0.15) is 5.75 Å². The topological polar surface area (TPSA) is 75.7 Å². The monoisotopic (exact) mass is 404 g/mol. The zero-order valence-electron chi connectivity index (χ0n) is 16.6. The van der Waals surface area contributed by atoms with E-state index in [1.54, 1.807) is 24.3 Å². The normalized spacial score (nSPS) is 11.4. The van der Waals surface area contributed by atoms with Crippen LogP contribution >= 0.6 is 0 Å². The Labute approximate surface area is 167 Å². The van der Waals surface area contributed by atoms with Crippen molar-refractivity contribution in [3.05, 3.63) is 65.2 Å². The Morgan fingerprint density at radius 3 is 2.46 bits per heavy atom. The number of aryl methyl sites for hydroxylation is 2. The van der Waals surface area contributed by atoms with Gasteiger partial charge >= 0.3 is 0 Å². The van der Waals surface area contributed by atoms with Gasteiger partial charge < -0.3 is 10.1 Å². The Hall–Kier alpha value is -2.38. The van der Waals surface area contributed by atoms with Crippen LogP contribution in [0.15, 0.2) is 48.5 Å². The molecule has 0 saturated carbocycles. The van der Waals surface area contributed by atoms with Gasteiger partial charge in [0.15, 0.2) is 6.61 Å². The Morgan fingerprint density at radius 2 is 1.82 bits per heavy atom. The molecular weight excluding hydrogens is 376 g/mol. The smallest absolute Gasteiger partial charge is 0.257 e. The second-order valence-electron chi connectivity index (χ2n) is 6.89. The van der Waals surface area contributed by atoms with Crippen molar-refractivity contribution in [1.29, 1.82) is 0 Å². The van der Waals surface area contributed by atoms with Gasteiger partial charge in [-0.1, -0.05) is 42.0 Å². The fourth-order valence-electron chi connectivity index (χ4n) is 2.65. The number of hydrogen-bond donors (Lipinski definition) is 1. The fraction of sp³-hybridized carbons (Fsp3) is 0.381. The summed E-state index contributed by atoms with van der Waals surface area (Å²) in [5.41, 5.74) is 3.36. The van der Waals surface area contributed by atoms with Crippen molar-refractivity contribution in [3.8, 4) is 5.75 Å². The molecule has 0 heterocycles. The summed E-state index contributed by atoms with van der Waals surface area (Å²) in [6.45, 7) is 2.92. The van der Waals surface area contributed by atoms with Crippen LogP contribution in [0.3, 0.4) is 0 Å². The van der Waals surface area contributed by atoms with Gasteiger partial charge in [-0.25, -0.2) is 12.7 Å². The first-order chi connectivity index (χ1) is 13.2. The van der Waals surface area contributed by atoms with Crippen molar-refractivity contribution in [2.45, 2.75) is 26.3 Å². The third-order valence-corrected chi connectivity index (χ3v) is 5.57. The largest absolute Gasteiger partial charge is 0.484 e. The zero-order chi connectivity index (χ0) is 20.6. The molecule has 2 rings (SSSR count). The molecule has 0 atom stereocenters. The van der Waals surface area contributed by atoms with E-state index in [4.69, 9.17) is 4.74 Å². The average molecular weight is 405 g/mol. The molecule has 0 aliphatic carbocycles. The third-order valence-electron chi connectivity index (χ3n) is 4.31. The lowest BCUT2D eigenvalue weighted by Gasteiger charge is -2.14.